The summed E-state index contributed by atoms with van der Waals surface area (Å²) in [5, 5.41) is 4.92. The fourth-order valence-electron chi connectivity index (χ4n) is 4.60. The lowest BCUT2D eigenvalue weighted by Gasteiger charge is -2.14. The Labute approximate surface area is 249 Å². The molecule has 1 saturated heterocycles. The summed E-state index contributed by atoms with van der Waals surface area (Å²) < 4.78 is 8.40. The van der Waals surface area contributed by atoms with E-state index in [-0.39, 0.29) is 5.91 Å². The maximum atomic E-state index is 13.4. The molecule has 5 nitrogen and oxygen atoms in total. The van der Waals surface area contributed by atoms with E-state index in [9.17, 15) is 4.79 Å². The Morgan fingerprint density at radius 3 is 2.12 bits per heavy atom. The van der Waals surface area contributed by atoms with Crippen LogP contribution < -0.4 is 4.74 Å². The van der Waals surface area contributed by atoms with Crippen LogP contribution in [-0.4, -0.2) is 31.5 Å². The van der Waals surface area contributed by atoms with Crippen molar-refractivity contribution in [2.45, 2.75) is 13.0 Å². The molecule has 2 heterocycles. The monoisotopic (exact) mass is 573 g/mol. The van der Waals surface area contributed by atoms with Crippen molar-refractivity contribution in [3.8, 4) is 22.7 Å². The van der Waals surface area contributed by atoms with Gasteiger partial charge < -0.3 is 4.74 Å². The molecule has 1 aromatic heterocycles. The highest BCUT2D eigenvalue weighted by Crippen LogP contribution is 2.35. The van der Waals surface area contributed by atoms with Crippen LogP contribution in [0.25, 0.3) is 23.0 Å². The van der Waals surface area contributed by atoms with Crippen LogP contribution in [0.4, 0.5) is 0 Å². The number of thiocarbonyl (C=S) groups is 1. The van der Waals surface area contributed by atoms with Crippen LogP contribution in [0.1, 0.15) is 16.7 Å². The first-order valence-electron chi connectivity index (χ1n) is 13.4. The topological polar surface area (TPSA) is 47.4 Å². The summed E-state index contributed by atoms with van der Waals surface area (Å²) in [5.41, 5.74) is 5.77. The number of nitrogens with zero attached hydrogens (tertiary/aromatic N) is 3. The second kappa shape index (κ2) is 12.4. The first kappa shape index (κ1) is 26.7. The predicted molar refractivity (Wildman–Crippen MR) is 170 cm³/mol. The summed E-state index contributed by atoms with van der Waals surface area (Å²) >= 11 is 6.94. The van der Waals surface area contributed by atoms with Gasteiger partial charge >= 0.3 is 0 Å². The van der Waals surface area contributed by atoms with E-state index in [2.05, 4.69) is 12.1 Å². The van der Waals surface area contributed by atoms with E-state index >= 15 is 0 Å². The zero-order chi connectivity index (χ0) is 28.0. The highest BCUT2D eigenvalue weighted by atomic mass is 32.2. The van der Waals surface area contributed by atoms with E-state index in [1.807, 2.05) is 120 Å². The maximum Gasteiger partial charge on any atom is 0.266 e. The number of para-hydroxylation sites is 1. The molecule has 0 saturated carbocycles. The third kappa shape index (κ3) is 6.32. The van der Waals surface area contributed by atoms with Gasteiger partial charge in [-0.3, -0.25) is 9.69 Å². The minimum absolute atomic E-state index is 0.0704. The first-order chi connectivity index (χ1) is 20.1. The summed E-state index contributed by atoms with van der Waals surface area (Å²) in [6.45, 7) is 1.05. The maximum absolute atomic E-state index is 13.4. The Bertz CT molecular complexity index is 1680. The number of hydrogen-bond donors (Lipinski definition) is 0. The molecule has 0 atom stereocenters. The highest BCUT2D eigenvalue weighted by molar-refractivity contribution is 8.26. The standard InChI is InChI=1S/C34H27N3O2S2/c38-33-31(41-34(40)36(33)21-20-25-10-4-1-5-11-25)22-28-23-37(29-14-8-3-9-15-29)35-32(28)27-16-18-30(19-17-27)39-24-26-12-6-2-7-13-26/h1-19,22-23H,20-21,24H2. The largest absolute Gasteiger partial charge is 0.489 e. The predicted octanol–water partition coefficient (Wildman–Crippen LogP) is 7.56. The Hall–Kier alpha value is -4.46. The lowest BCUT2D eigenvalue weighted by atomic mass is 10.1. The van der Waals surface area contributed by atoms with Crippen molar-refractivity contribution in [1.82, 2.24) is 14.7 Å². The molecule has 0 unspecified atom stereocenters. The molecular weight excluding hydrogens is 547 g/mol. The molecule has 4 aromatic carbocycles. The van der Waals surface area contributed by atoms with Crippen LogP contribution in [0, 0.1) is 0 Å². The second-order valence-electron chi connectivity index (χ2n) is 9.58. The summed E-state index contributed by atoms with van der Waals surface area (Å²) in [4.78, 5) is 15.7. The molecule has 0 spiro atoms. The number of rotatable bonds is 9. The van der Waals surface area contributed by atoms with Gasteiger partial charge in [0, 0.05) is 23.9 Å². The molecule has 202 valence electrons. The molecule has 6 rings (SSSR count). The second-order valence-corrected chi connectivity index (χ2v) is 11.3. The van der Waals surface area contributed by atoms with Gasteiger partial charge in [-0.05, 0) is 60.0 Å². The van der Waals surface area contributed by atoms with Crippen molar-refractivity contribution in [2.24, 2.45) is 0 Å². The van der Waals surface area contributed by atoms with Gasteiger partial charge in [0.25, 0.3) is 5.91 Å². The number of benzene rings is 4. The van der Waals surface area contributed by atoms with Crippen molar-refractivity contribution in [1.29, 1.82) is 0 Å². The van der Waals surface area contributed by atoms with Crippen LogP contribution in [-0.2, 0) is 17.8 Å². The van der Waals surface area contributed by atoms with E-state index in [1.165, 1.54) is 17.3 Å². The average Bonchev–Trinajstić information content (AvgIpc) is 3.56. The molecule has 0 radical (unpaired) electrons. The number of thioether (sulfide) groups is 1. The summed E-state index contributed by atoms with van der Waals surface area (Å²) in [6.07, 6.45) is 4.61. The SMILES string of the molecule is O=C1C(=Cc2cn(-c3ccccc3)nc2-c2ccc(OCc3ccccc3)cc2)SC(=S)N1CCc1ccccc1. The van der Waals surface area contributed by atoms with Crippen molar-refractivity contribution in [3.63, 3.8) is 0 Å². The van der Waals surface area contributed by atoms with E-state index in [1.54, 1.807) is 4.90 Å². The number of aromatic nitrogens is 2. The molecule has 1 aliphatic rings. The fourth-order valence-corrected chi connectivity index (χ4v) is 5.90. The van der Waals surface area contributed by atoms with Gasteiger partial charge in [0.05, 0.1) is 16.3 Å². The van der Waals surface area contributed by atoms with E-state index in [0.29, 0.717) is 22.4 Å². The molecule has 0 bridgehead atoms. The molecule has 7 heteroatoms. The smallest absolute Gasteiger partial charge is 0.266 e. The molecule has 1 amide bonds. The normalized spacial score (nSPS) is 14.1. The quantitative estimate of drug-likeness (QED) is 0.135. The zero-order valence-corrected chi connectivity index (χ0v) is 23.9. The van der Waals surface area contributed by atoms with Gasteiger partial charge in [-0.25, -0.2) is 4.68 Å². The molecule has 1 aliphatic heterocycles. The Morgan fingerprint density at radius 1 is 0.805 bits per heavy atom. The molecule has 41 heavy (non-hydrogen) atoms. The van der Waals surface area contributed by atoms with Gasteiger partial charge in [-0.1, -0.05) is 103 Å². The van der Waals surface area contributed by atoms with E-state index in [4.69, 9.17) is 22.1 Å². The van der Waals surface area contributed by atoms with Gasteiger partial charge in [-0.2, -0.15) is 5.10 Å². The van der Waals surface area contributed by atoms with Gasteiger partial charge in [-0.15, -0.1) is 0 Å². The molecule has 0 N–H and O–H groups in total. The number of amides is 1. The molecule has 0 aliphatic carbocycles. The van der Waals surface area contributed by atoms with Crippen molar-refractivity contribution >= 4 is 40.3 Å². The van der Waals surface area contributed by atoms with Crippen molar-refractivity contribution in [2.75, 3.05) is 6.54 Å². The number of carbonyl (C=O) groups is 1. The zero-order valence-electron chi connectivity index (χ0n) is 22.2. The minimum atomic E-state index is -0.0704. The lowest BCUT2D eigenvalue weighted by Crippen LogP contribution is -2.30. The Balaban J connectivity index is 1.26. The third-order valence-electron chi connectivity index (χ3n) is 6.77. The summed E-state index contributed by atoms with van der Waals surface area (Å²) in [5.74, 6) is 0.708. The van der Waals surface area contributed by atoms with Gasteiger partial charge in [0.2, 0.25) is 0 Å². The van der Waals surface area contributed by atoms with Crippen LogP contribution in [0.2, 0.25) is 0 Å². The van der Waals surface area contributed by atoms with Gasteiger partial charge in [0.15, 0.2) is 0 Å². The first-order valence-corrected chi connectivity index (χ1v) is 14.6. The van der Waals surface area contributed by atoms with Gasteiger partial charge in [0.1, 0.15) is 16.7 Å². The van der Waals surface area contributed by atoms with Crippen molar-refractivity contribution in [3.05, 3.63) is 143 Å². The average molecular weight is 574 g/mol. The molecule has 1 fully saturated rings. The van der Waals surface area contributed by atoms with Crippen molar-refractivity contribution < 1.29 is 9.53 Å². The number of ether oxygens (including phenoxy) is 1. The van der Waals surface area contributed by atoms with Crippen LogP contribution in [0.5, 0.6) is 5.75 Å². The van der Waals surface area contributed by atoms with E-state index in [0.717, 1.165) is 40.2 Å². The van der Waals surface area contributed by atoms with E-state index < -0.39 is 0 Å². The lowest BCUT2D eigenvalue weighted by molar-refractivity contribution is -0.122. The Kier molecular flexibility index (Phi) is 8.07. The third-order valence-corrected chi connectivity index (χ3v) is 8.14. The minimum Gasteiger partial charge on any atom is -0.489 e. The number of carbonyl (C=O) groups excluding carboxylic acids is 1. The summed E-state index contributed by atoms with van der Waals surface area (Å²) in [6, 6.07) is 38.1. The molecular formula is C34H27N3O2S2. The molecule has 5 aromatic rings. The fraction of sp³-hybridized carbons (Fsp3) is 0.0882. The Morgan fingerprint density at radius 2 is 1.44 bits per heavy atom. The number of hydrogen-bond acceptors (Lipinski definition) is 5. The summed E-state index contributed by atoms with van der Waals surface area (Å²) in [7, 11) is 0. The van der Waals surface area contributed by atoms with Crippen LogP contribution >= 0.6 is 24.0 Å². The highest BCUT2D eigenvalue weighted by Gasteiger charge is 2.32. The van der Waals surface area contributed by atoms with Crippen LogP contribution in [0.3, 0.4) is 0 Å². The van der Waals surface area contributed by atoms with Crippen LogP contribution in [0.15, 0.2) is 126 Å².